The Labute approximate surface area is 199 Å². The molecule has 2 fully saturated rings. The van der Waals surface area contributed by atoms with Crippen LogP contribution in [0.5, 0.6) is 5.75 Å². The van der Waals surface area contributed by atoms with Crippen LogP contribution < -0.4 is 4.74 Å². The van der Waals surface area contributed by atoms with E-state index in [2.05, 4.69) is 16.0 Å². The molecule has 0 radical (unpaired) electrons. The van der Waals surface area contributed by atoms with E-state index in [0.717, 1.165) is 46.2 Å². The lowest BCUT2D eigenvalue weighted by atomic mass is 9.93. The molecule has 2 heterocycles. The van der Waals surface area contributed by atoms with Gasteiger partial charge in [-0.3, -0.25) is 4.90 Å². The van der Waals surface area contributed by atoms with Gasteiger partial charge in [-0.05, 0) is 68.0 Å². The number of sulfone groups is 1. The summed E-state index contributed by atoms with van der Waals surface area (Å²) in [6.45, 7) is 3.30. The van der Waals surface area contributed by atoms with Crippen molar-refractivity contribution in [3.05, 3.63) is 64.8 Å². The number of ether oxygens (including phenoxy) is 1. The van der Waals surface area contributed by atoms with Crippen molar-refractivity contribution in [2.24, 2.45) is 0 Å². The number of aromatic carboxylic acids is 1. The number of rotatable bonds is 7. The number of carboxylic acids is 1. The Morgan fingerprint density at radius 2 is 1.88 bits per heavy atom. The van der Waals surface area contributed by atoms with E-state index in [0.29, 0.717) is 25.9 Å². The molecular weight excluding hydrogens is 452 g/mol. The second kappa shape index (κ2) is 8.74. The number of nitrogens with one attached hydrogen (secondary N) is 1. The van der Waals surface area contributed by atoms with E-state index < -0.39 is 15.8 Å². The summed E-state index contributed by atoms with van der Waals surface area (Å²) < 4.78 is 31.9. The summed E-state index contributed by atoms with van der Waals surface area (Å²) in [7, 11) is -1.47. The van der Waals surface area contributed by atoms with Crippen LogP contribution in [-0.4, -0.2) is 53.5 Å². The summed E-state index contributed by atoms with van der Waals surface area (Å²) in [6.07, 6.45) is 4.58. The molecule has 1 saturated heterocycles. The van der Waals surface area contributed by atoms with Crippen molar-refractivity contribution >= 4 is 26.7 Å². The normalized spacial score (nSPS) is 21.6. The summed E-state index contributed by atoms with van der Waals surface area (Å²) in [5.41, 5.74) is 4.42. The van der Waals surface area contributed by atoms with Gasteiger partial charge >= 0.3 is 5.97 Å². The smallest absolute Gasteiger partial charge is 0.335 e. The number of benzene rings is 2. The number of nitrogens with zero attached hydrogens (tertiary/aromatic N) is 1. The topological polar surface area (TPSA) is 99.7 Å². The van der Waals surface area contributed by atoms with Crippen LogP contribution in [0, 0.1) is 6.92 Å². The van der Waals surface area contributed by atoms with Gasteiger partial charge in [0.25, 0.3) is 0 Å². The minimum absolute atomic E-state index is 0.130. The lowest BCUT2D eigenvalue weighted by Crippen LogP contribution is -2.42. The van der Waals surface area contributed by atoms with Crippen LogP contribution in [0.15, 0.2) is 42.6 Å². The Kier molecular flexibility index (Phi) is 5.90. The highest BCUT2D eigenvalue weighted by molar-refractivity contribution is 7.92. The summed E-state index contributed by atoms with van der Waals surface area (Å²) in [5.74, 6) is -0.155. The van der Waals surface area contributed by atoms with Crippen molar-refractivity contribution in [2.45, 2.75) is 55.7 Å². The highest BCUT2D eigenvalue weighted by Gasteiger charge is 2.44. The Morgan fingerprint density at radius 3 is 2.53 bits per heavy atom. The second-order valence-electron chi connectivity index (χ2n) is 9.49. The van der Waals surface area contributed by atoms with Crippen LogP contribution in [0.2, 0.25) is 0 Å². The summed E-state index contributed by atoms with van der Waals surface area (Å²) >= 11 is 0. The number of H-pyrrole nitrogens is 1. The highest BCUT2D eigenvalue weighted by Crippen LogP contribution is 2.42. The van der Waals surface area contributed by atoms with Crippen LogP contribution in [0.25, 0.3) is 10.9 Å². The molecule has 180 valence electrons. The highest BCUT2D eigenvalue weighted by atomic mass is 32.2. The van der Waals surface area contributed by atoms with Gasteiger partial charge in [-0.1, -0.05) is 12.1 Å². The first-order valence-electron chi connectivity index (χ1n) is 11.7. The number of hydrogen-bond acceptors (Lipinski definition) is 5. The largest absolute Gasteiger partial charge is 0.496 e. The number of hydrogen-bond donors (Lipinski definition) is 2. The molecule has 5 rings (SSSR count). The fourth-order valence-corrected chi connectivity index (χ4v) is 7.54. The molecule has 2 aliphatic rings. The first-order chi connectivity index (χ1) is 16.3. The number of fused-ring (bicyclic) bond motifs is 1. The Balaban J connectivity index is 1.51. The quantitative estimate of drug-likeness (QED) is 0.516. The standard InChI is InChI=1S/C26H30N2O5S/c1-16-13-24(33-2)22(21-9-11-27-25(16)21)15-28-12-10-20(34(31,32)19-7-8-19)14-23(28)17-3-5-18(6-4-17)26(29)30/h3-6,9,11,13,19-20,23,27H,7-8,10,12,14-15H2,1-2H3,(H,29,30)/t20?,23-/m0/s1. The molecule has 2 N–H and O–H groups in total. The number of carboxylic acid groups (broad SMARTS) is 1. The number of likely N-dealkylation sites (tertiary alicyclic amines) is 1. The molecule has 1 aromatic heterocycles. The zero-order valence-electron chi connectivity index (χ0n) is 19.5. The van der Waals surface area contributed by atoms with Crippen molar-refractivity contribution in [1.29, 1.82) is 0 Å². The first-order valence-corrected chi connectivity index (χ1v) is 13.3. The number of carbonyl (C=O) groups is 1. The first kappa shape index (κ1) is 22.9. The third-order valence-electron chi connectivity index (χ3n) is 7.35. The van der Waals surface area contributed by atoms with E-state index in [1.54, 1.807) is 19.2 Å². The van der Waals surface area contributed by atoms with Crippen molar-refractivity contribution < 1.29 is 23.1 Å². The maximum absolute atomic E-state index is 13.1. The van der Waals surface area contributed by atoms with Crippen molar-refractivity contribution in [1.82, 2.24) is 9.88 Å². The van der Waals surface area contributed by atoms with Crippen molar-refractivity contribution in [2.75, 3.05) is 13.7 Å². The lowest BCUT2D eigenvalue weighted by Gasteiger charge is -2.40. The number of piperidine rings is 1. The van der Waals surface area contributed by atoms with Crippen LogP contribution in [0.4, 0.5) is 0 Å². The van der Waals surface area contributed by atoms with Gasteiger partial charge in [0.1, 0.15) is 5.75 Å². The van der Waals surface area contributed by atoms with Gasteiger partial charge in [0.15, 0.2) is 9.84 Å². The van der Waals surface area contributed by atoms with Gasteiger partial charge in [-0.25, -0.2) is 13.2 Å². The van der Waals surface area contributed by atoms with Crippen LogP contribution in [0.3, 0.4) is 0 Å². The monoisotopic (exact) mass is 482 g/mol. The van der Waals surface area contributed by atoms with Crippen LogP contribution >= 0.6 is 0 Å². The zero-order chi connectivity index (χ0) is 24.0. The maximum Gasteiger partial charge on any atom is 0.335 e. The molecule has 3 aromatic rings. The fraction of sp³-hybridized carbons (Fsp3) is 0.423. The van der Waals surface area contributed by atoms with E-state index >= 15 is 0 Å². The second-order valence-corrected chi connectivity index (χ2v) is 12.0. The molecule has 1 saturated carbocycles. The van der Waals surface area contributed by atoms with Gasteiger partial charge in [-0.2, -0.15) is 0 Å². The lowest BCUT2D eigenvalue weighted by molar-refractivity contribution is 0.0696. The molecule has 0 amide bonds. The van der Waals surface area contributed by atoms with E-state index in [-0.39, 0.29) is 22.1 Å². The molecule has 0 spiro atoms. The van der Waals surface area contributed by atoms with E-state index in [4.69, 9.17) is 4.74 Å². The number of methoxy groups -OCH3 is 1. The van der Waals surface area contributed by atoms with Gasteiger partial charge in [0, 0.05) is 41.8 Å². The predicted octanol–water partition coefficient (Wildman–Crippen LogP) is 4.47. The van der Waals surface area contributed by atoms with E-state index in [1.807, 2.05) is 31.3 Å². The van der Waals surface area contributed by atoms with Crippen molar-refractivity contribution in [3.63, 3.8) is 0 Å². The molecule has 34 heavy (non-hydrogen) atoms. The molecule has 1 unspecified atom stereocenters. The summed E-state index contributed by atoms with van der Waals surface area (Å²) in [5, 5.41) is 9.85. The number of aryl methyl sites for hydroxylation is 1. The third-order valence-corrected chi connectivity index (χ3v) is 10.1. The van der Waals surface area contributed by atoms with E-state index in [1.165, 1.54) is 0 Å². The fourth-order valence-electron chi connectivity index (χ4n) is 5.32. The molecule has 2 atom stereocenters. The number of aromatic nitrogens is 1. The predicted molar refractivity (Wildman–Crippen MR) is 131 cm³/mol. The molecule has 8 heteroatoms. The Hall–Kier alpha value is -2.84. The van der Waals surface area contributed by atoms with Crippen LogP contribution in [-0.2, 0) is 16.4 Å². The average molecular weight is 483 g/mol. The average Bonchev–Trinajstić information content (AvgIpc) is 3.58. The van der Waals surface area contributed by atoms with Gasteiger partial charge in [-0.15, -0.1) is 0 Å². The molecule has 1 aliphatic heterocycles. The Bertz CT molecular complexity index is 1330. The summed E-state index contributed by atoms with van der Waals surface area (Å²) in [4.78, 5) is 17.0. The molecule has 2 aromatic carbocycles. The third kappa shape index (κ3) is 4.09. The SMILES string of the molecule is COc1cc(C)c2[nH]ccc2c1CN1CCC(S(=O)(=O)C2CC2)C[C@H]1c1ccc(C(=O)O)cc1. The minimum atomic E-state index is -3.14. The van der Waals surface area contributed by atoms with Crippen molar-refractivity contribution in [3.8, 4) is 5.75 Å². The van der Waals surface area contributed by atoms with Gasteiger partial charge in [0.05, 0.1) is 23.2 Å². The summed E-state index contributed by atoms with van der Waals surface area (Å²) in [6, 6.07) is 10.8. The molecule has 0 bridgehead atoms. The maximum atomic E-state index is 13.1. The van der Waals surface area contributed by atoms with E-state index in [9.17, 15) is 18.3 Å². The molecule has 7 nitrogen and oxygen atoms in total. The minimum Gasteiger partial charge on any atom is -0.496 e. The zero-order valence-corrected chi connectivity index (χ0v) is 20.3. The molecule has 1 aliphatic carbocycles. The Morgan fingerprint density at radius 1 is 1.15 bits per heavy atom. The molecular formula is C26H30N2O5S. The van der Waals surface area contributed by atoms with Crippen LogP contribution in [0.1, 0.15) is 58.8 Å². The number of aromatic amines is 1. The van der Waals surface area contributed by atoms with Gasteiger partial charge < -0.3 is 14.8 Å². The van der Waals surface area contributed by atoms with Gasteiger partial charge in [0.2, 0.25) is 0 Å².